The molecule has 0 radical (unpaired) electrons. The second-order valence-electron chi connectivity index (χ2n) is 3.05. The average molecular weight is 206 g/mol. The number of rotatable bonds is 3. The average Bonchev–Trinajstić information content (AvgIpc) is 2.85. The van der Waals surface area contributed by atoms with Crippen LogP contribution in [0.2, 0.25) is 0 Å². The third-order valence-electron chi connectivity index (χ3n) is 2.12. The summed E-state index contributed by atoms with van der Waals surface area (Å²) >= 11 is 0. The van der Waals surface area contributed by atoms with E-state index >= 15 is 0 Å². The fourth-order valence-corrected chi connectivity index (χ4v) is 1.33. The number of H-pyrrole nitrogens is 1. The molecule has 15 heavy (non-hydrogen) atoms. The Morgan fingerprint density at radius 3 is 3.00 bits per heavy atom. The lowest BCUT2D eigenvalue weighted by molar-refractivity contribution is 0.0698. The SMILES string of the molecule is CCn1cc(-c2[nH]ncc2C(=O)O)cn1. The number of nitrogens with one attached hydrogen (secondary N) is 1. The third-order valence-corrected chi connectivity index (χ3v) is 2.12. The minimum atomic E-state index is -0.997. The van der Waals surface area contributed by atoms with E-state index < -0.39 is 5.97 Å². The standard InChI is InChI=1S/C9H10N4O2/c1-2-13-5-6(3-11-13)8-7(9(14)15)4-10-12-8/h3-5H,2H2,1H3,(H,10,12)(H,14,15). The lowest BCUT2D eigenvalue weighted by atomic mass is 10.1. The van der Waals surface area contributed by atoms with Gasteiger partial charge in [0.15, 0.2) is 0 Å². The molecule has 0 spiro atoms. The number of carboxylic acids is 1. The highest BCUT2D eigenvalue weighted by Crippen LogP contribution is 2.19. The molecule has 0 fully saturated rings. The number of carboxylic acid groups (broad SMARTS) is 1. The summed E-state index contributed by atoms with van der Waals surface area (Å²) in [5.74, 6) is -0.997. The van der Waals surface area contributed by atoms with Crippen LogP contribution in [-0.2, 0) is 6.54 Å². The molecule has 0 atom stereocenters. The van der Waals surface area contributed by atoms with E-state index in [1.807, 2.05) is 6.92 Å². The van der Waals surface area contributed by atoms with E-state index in [0.29, 0.717) is 5.69 Å². The molecule has 0 aliphatic heterocycles. The van der Waals surface area contributed by atoms with Crippen LogP contribution in [0.5, 0.6) is 0 Å². The Balaban J connectivity index is 2.44. The monoisotopic (exact) mass is 206 g/mol. The second-order valence-corrected chi connectivity index (χ2v) is 3.05. The van der Waals surface area contributed by atoms with Gasteiger partial charge in [0.2, 0.25) is 0 Å². The van der Waals surface area contributed by atoms with E-state index in [2.05, 4.69) is 15.3 Å². The molecule has 78 valence electrons. The van der Waals surface area contributed by atoms with Crippen molar-refractivity contribution in [1.29, 1.82) is 0 Å². The van der Waals surface area contributed by atoms with E-state index in [1.54, 1.807) is 17.1 Å². The predicted octanol–water partition coefficient (Wildman–Crippen LogP) is 0.991. The van der Waals surface area contributed by atoms with Crippen molar-refractivity contribution in [2.45, 2.75) is 13.5 Å². The molecule has 0 aromatic carbocycles. The lowest BCUT2D eigenvalue weighted by Crippen LogP contribution is -1.96. The molecule has 2 N–H and O–H groups in total. The van der Waals surface area contributed by atoms with Crippen molar-refractivity contribution in [3.05, 3.63) is 24.2 Å². The first-order chi connectivity index (χ1) is 7.22. The van der Waals surface area contributed by atoms with Gasteiger partial charge in [-0.3, -0.25) is 9.78 Å². The Bertz CT molecular complexity index is 486. The summed E-state index contributed by atoms with van der Waals surface area (Å²) in [7, 11) is 0. The summed E-state index contributed by atoms with van der Waals surface area (Å²) in [6, 6.07) is 0. The zero-order valence-electron chi connectivity index (χ0n) is 8.14. The van der Waals surface area contributed by atoms with E-state index in [0.717, 1.165) is 12.1 Å². The Morgan fingerprint density at radius 1 is 1.60 bits per heavy atom. The van der Waals surface area contributed by atoms with Gasteiger partial charge in [-0.25, -0.2) is 4.79 Å². The van der Waals surface area contributed by atoms with Crippen LogP contribution in [0, 0.1) is 0 Å². The zero-order chi connectivity index (χ0) is 10.8. The summed E-state index contributed by atoms with van der Waals surface area (Å²) in [5.41, 5.74) is 1.37. The van der Waals surface area contributed by atoms with Crippen molar-refractivity contribution in [1.82, 2.24) is 20.0 Å². The van der Waals surface area contributed by atoms with Gasteiger partial charge in [-0.2, -0.15) is 10.2 Å². The molecule has 0 aliphatic rings. The molecule has 6 nitrogen and oxygen atoms in total. The molecule has 2 rings (SSSR count). The number of aryl methyl sites for hydroxylation is 1. The highest BCUT2D eigenvalue weighted by Gasteiger charge is 2.14. The van der Waals surface area contributed by atoms with Gasteiger partial charge in [-0.1, -0.05) is 0 Å². The number of aromatic carboxylic acids is 1. The molecule has 0 bridgehead atoms. The predicted molar refractivity (Wildman–Crippen MR) is 52.4 cm³/mol. The summed E-state index contributed by atoms with van der Waals surface area (Å²) < 4.78 is 1.72. The summed E-state index contributed by atoms with van der Waals surface area (Å²) in [6.07, 6.45) is 4.68. The Morgan fingerprint density at radius 2 is 2.40 bits per heavy atom. The molecule has 0 saturated carbocycles. The van der Waals surface area contributed by atoms with E-state index in [9.17, 15) is 4.79 Å². The van der Waals surface area contributed by atoms with Gasteiger partial charge in [0.05, 0.1) is 18.1 Å². The molecule has 2 heterocycles. The van der Waals surface area contributed by atoms with Gasteiger partial charge < -0.3 is 5.11 Å². The van der Waals surface area contributed by atoms with Crippen LogP contribution in [0.4, 0.5) is 0 Å². The number of aromatic amines is 1. The topological polar surface area (TPSA) is 83.8 Å². The van der Waals surface area contributed by atoms with Crippen molar-refractivity contribution >= 4 is 5.97 Å². The van der Waals surface area contributed by atoms with Crippen molar-refractivity contribution in [2.24, 2.45) is 0 Å². The molecule has 6 heteroatoms. The molecular formula is C9H10N4O2. The first-order valence-corrected chi connectivity index (χ1v) is 4.52. The largest absolute Gasteiger partial charge is 0.478 e. The normalized spacial score (nSPS) is 10.5. The zero-order valence-corrected chi connectivity index (χ0v) is 8.14. The molecule has 0 amide bonds. The van der Waals surface area contributed by atoms with E-state index in [-0.39, 0.29) is 5.56 Å². The quantitative estimate of drug-likeness (QED) is 0.784. The van der Waals surface area contributed by atoms with Gasteiger partial charge >= 0.3 is 5.97 Å². The number of aromatic nitrogens is 4. The molecule has 2 aromatic rings. The first-order valence-electron chi connectivity index (χ1n) is 4.52. The number of hydrogen-bond donors (Lipinski definition) is 2. The van der Waals surface area contributed by atoms with Gasteiger partial charge in [-0.15, -0.1) is 0 Å². The molecular weight excluding hydrogens is 196 g/mol. The third kappa shape index (κ3) is 1.61. The van der Waals surface area contributed by atoms with Crippen molar-refractivity contribution in [3.63, 3.8) is 0 Å². The summed E-state index contributed by atoms with van der Waals surface area (Å²) in [4.78, 5) is 10.8. The highest BCUT2D eigenvalue weighted by molar-refractivity contribution is 5.94. The van der Waals surface area contributed by atoms with Crippen LogP contribution in [0.3, 0.4) is 0 Å². The van der Waals surface area contributed by atoms with E-state index in [4.69, 9.17) is 5.11 Å². The number of carbonyl (C=O) groups is 1. The molecule has 2 aromatic heterocycles. The maximum Gasteiger partial charge on any atom is 0.339 e. The van der Waals surface area contributed by atoms with Crippen LogP contribution in [0.1, 0.15) is 17.3 Å². The Kier molecular flexibility index (Phi) is 2.24. The van der Waals surface area contributed by atoms with Crippen LogP contribution in [-0.4, -0.2) is 31.1 Å². The smallest absolute Gasteiger partial charge is 0.339 e. The Hall–Kier alpha value is -2.11. The fourth-order valence-electron chi connectivity index (χ4n) is 1.33. The van der Waals surface area contributed by atoms with Crippen molar-refractivity contribution in [2.75, 3.05) is 0 Å². The molecule has 0 saturated heterocycles. The summed E-state index contributed by atoms with van der Waals surface area (Å²) in [5, 5.41) is 19.3. The van der Waals surface area contributed by atoms with Crippen LogP contribution in [0.15, 0.2) is 18.6 Å². The van der Waals surface area contributed by atoms with Gasteiger partial charge in [0.25, 0.3) is 0 Å². The summed E-state index contributed by atoms with van der Waals surface area (Å²) in [6.45, 7) is 2.71. The van der Waals surface area contributed by atoms with Crippen LogP contribution < -0.4 is 0 Å². The van der Waals surface area contributed by atoms with Gasteiger partial charge in [-0.05, 0) is 6.92 Å². The lowest BCUT2D eigenvalue weighted by Gasteiger charge is -1.94. The Labute approximate surface area is 85.5 Å². The number of hydrogen-bond acceptors (Lipinski definition) is 3. The maximum absolute atomic E-state index is 10.8. The van der Waals surface area contributed by atoms with Crippen LogP contribution >= 0.6 is 0 Å². The van der Waals surface area contributed by atoms with Gasteiger partial charge in [0, 0.05) is 18.3 Å². The molecule has 0 aliphatic carbocycles. The van der Waals surface area contributed by atoms with Crippen molar-refractivity contribution < 1.29 is 9.90 Å². The van der Waals surface area contributed by atoms with Crippen LogP contribution in [0.25, 0.3) is 11.3 Å². The molecule has 0 unspecified atom stereocenters. The van der Waals surface area contributed by atoms with Crippen molar-refractivity contribution in [3.8, 4) is 11.3 Å². The van der Waals surface area contributed by atoms with E-state index in [1.165, 1.54) is 6.20 Å². The second kappa shape index (κ2) is 3.56. The fraction of sp³-hybridized carbons (Fsp3) is 0.222. The number of nitrogens with zero attached hydrogens (tertiary/aromatic N) is 3. The minimum absolute atomic E-state index is 0.158. The maximum atomic E-state index is 10.8. The highest BCUT2D eigenvalue weighted by atomic mass is 16.4. The minimum Gasteiger partial charge on any atom is -0.478 e. The van der Waals surface area contributed by atoms with Gasteiger partial charge in [0.1, 0.15) is 5.56 Å². The first kappa shape index (κ1) is 9.45.